The number of rotatable bonds is 5. The van der Waals surface area contributed by atoms with Gasteiger partial charge in [-0.05, 0) is 39.7 Å². The standard InChI is InChI=1S/C22H21BrN4O2/c23-19-14-24-22(25-15-19)27-11-9-26(10-12-27)21(28)18-7-4-8-20(13-18)29-16-17-5-2-1-3-6-17/h1-8,13-15H,9-12,16H2. The summed E-state index contributed by atoms with van der Waals surface area (Å²) in [7, 11) is 0. The van der Waals surface area contributed by atoms with E-state index >= 15 is 0 Å². The summed E-state index contributed by atoms with van der Waals surface area (Å²) in [4.78, 5) is 25.6. The Hall–Kier alpha value is -2.93. The molecular weight excluding hydrogens is 432 g/mol. The van der Waals surface area contributed by atoms with E-state index in [4.69, 9.17) is 4.74 Å². The van der Waals surface area contributed by atoms with E-state index in [9.17, 15) is 4.79 Å². The number of ether oxygens (including phenoxy) is 1. The number of amides is 1. The highest BCUT2D eigenvalue weighted by Gasteiger charge is 2.23. The van der Waals surface area contributed by atoms with Crippen molar-refractivity contribution in [2.45, 2.75) is 6.61 Å². The third-order valence-electron chi connectivity index (χ3n) is 4.79. The lowest BCUT2D eigenvalue weighted by Gasteiger charge is -2.34. The van der Waals surface area contributed by atoms with Crippen molar-refractivity contribution in [3.05, 3.63) is 82.6 Å². The SMILES string of the molecule is O=C(c1cccc(OCc2ccccc2)c1)N1CCN(c2ncc(Br)cn2)CC1. The van der Waals surface area contributed by atoms with Crippen molar-refractivity contribution >= 4 is 27.8 Å². The number of hydrogen-bond donors (Lipinski definition) is 0. The van der Waals surface area contributed by atoms with Gasteiger partial charge in [-0.2, -0.15) is 0 Å². The van der Waals surface area contributed by atoms with Gasteiger partial charge in [0.25, 0.3) is 5.91 Å². The Bertz CT molecular complexity index is 958. The lowest BCUT2D eigenvalue weighted by atomic mass is 10.1. The molecule has 29 heavy (non-hydrogen) atoms. The van der Waals surface area contributed by atoms with Gasteiger partial charge in [-0.3, -0.25) is 4.79 Å². The molecule has 0 saturated carbocycles. The molecule has 1 fully saturated rings. The van der Waals surface area contributed by atoms with Gasteiger partial charge in [0, 0.05) is 44.1 Å². The van der Waals surface area contributed by atoms with Crippen LogP contribution in [-0.2, 0) is 6.61 Å². The van der Waals surface area contributed by atoms with Crippen LogP contribution >= 0.6 is 15.9 Å². The van der Waals surface area contributed by atoms with Gasteiger partial charge in [-0.15, -0.1) is 0 Å². The van der Waals surface area contributed by atoms with Crippen LogP contribution in [-0.4, -0.2) is 47.0 Å². The molecule has 0 aliphatic carbocycles. The maximum atomic E-state index is 12.9. The van der Waals surface area contributed by atoms with E-state index in [1.54, 1.807) is 12.4 Å². The van der Waals surface area contributed by atoms with Gasteiger partial charge in [-0.1, -0.05) is 36.4 Å². The van der Waals surface area contributed by atoms with Gasteiger partial charge in [0.2, 0.25) is 5.95 Å². The first-order valence-corrected chi connectivity index (χ1v) is 10.3. The van der Waals surface area contributed by atoms with Gasteiger partial charge >= 0.3 is 0 Å². The van der Waals surface area contributed by atoms with E-state index in [0.29, 0.717) is 50.0 Å². The van der Waals surface area contributed by atoms with Gasteiger partial charge in [0.1, 0.15) is 12.4 Å². The molecule has 1 saturated heterocycles. The summed E-state index contributed by atoms with van der Waals surface area (Å²) in [6.45, 7) is 3.15. The second kappa shape index (κ2) is 9.05. The number of carbonyl (C=O) groups is 1. The van der Waals surface area contributed by atoms with E-state index in [2.05, 4.69) is 30.8 Å². The number of piperazine rings is 1. The first-order chi connectivity index (χ1) is 14.2. The molecule has 1 amide bonds. The Balaban J connectivity index is 1.35. The zero-order valence-corrected chi connectivity index (χ0v) is 17.5. The van der Waals surface area contributed by atoms with E-state index in [-0.39, 0.29) is 5.91 Å². The fourth-order valence-electron chi connectivity index (χ4n) is 3.22. The lowest BCUT2D eigenvalue weighted by Crippen LogP contribution is -2.49. The Morgan fingerprint density at radius 3 is 2.41 bits per heavy atom. The maximum absolute atomic E-state index is 12.9. The highest BCUT2D eigenvalue weighted by molar-refractivity contribution is 9.10. The molecule has 3 aromatic rings. The average molecular weight is 453 g/mol. The largest absolute Gasteiger partial charge is 0.489 e. The predicted molar refractivity (Wildman–Crippen MR) is 115 cm³/mol. The molecule has 0 spiro atoms. The molecule has 1 aliphatic heterocycles. The Kier molecular flexibility index (Phi) is 6.05. The van der Waals surface area contributed by atoms with Crippen molar-refractivity contribution < 1.29 is 9.53 Å². The Labute approximate surface area is 178 Å². The van der Waals surface area contributed by atoms with Gasteiger partial charge in [0.15, 0.2) is 0 Å². The number of aromatic nitrogens is 2. The third kappa shape index (κ3) is 4.92. The van der Waals surface area contributed by atoms with Crippen molar-refractivity contribution in [3.63, 3.8) is 0 Å². The number of halogens is 1. The lowest BCUT2D eigenvalue weighted by molar-refractivity contribution is 0.0745. The molecule has 7 heteroatoms. The summed E-state index contributed by atoms with van der Waals surface area (Å²) in [6, 6.07) is 17.4. The van der Waals surface area contributed by atoms with Crippen molar-refractivity contribution in [2.24, 2.45) is 0 Å². The topological polar surface area (TPSA) is 58.6 Å². The minimum atomic E-state index is 0.0199. The number of benzene rings is 2. The van der Waals surface area contributed by atoms with Crippen LogP contribution in [0, 0.1) is 0 Å². The first-order valence-electron chi connectivity index (χ1n) is 9.47. The summed E-state index contributed by atoms with van der Waals surface area (Å²) < 4.78 is 6.71. The monoisotopic (exact) mass is 452 g/mol. The minimum absolute atomic E-state index is 0.0199. The van der Waals surface area contributed by atoms with Crippen molar-refractivity contribution in [2.75, 3.05) is 31.1 Å². The molecule has 0 bridgehead atoms. The van der Waals surface area contributed by atoms with Crippen LogP contribution in [0.1, 0.15) is 15.9 Å². The highest BCUT2D eigenvalue weighted by Crippen LogP contribution is 2.19. The van der Waals surface area contributed by atoms with Crippen LogP contribution in [0.15, 0.2) is 71.5 Å². The molecule has 2 aromatic carbocycles. The summed E-state index contributed by atoms with van der Waals surface area (Å²) in [6.07, 6.45) is 3.47. The van der Waals surface area contributed by atoms with E-state index in [1.165, 1.54) is 0 Å². The van der Waals surface area contributed by atoms with Crippen LogP contribution in [0.5, 0.6) is 5.75 Å². The second-order valence-electron chi connectivity index (χ2n) is 6.78. The molecule has 1 aromatic heterocycles. The molecule has 0 atom stereocenters. The molecule has 1 aliphatic rings. The molecule has 148 valence electrons. The van der Waals surface area contributed by atoms with Gasteiger partial charge < -0.3 is 14.5 Å². The van der Waals surface area contributed by atoms with Gasteiger partial charge in [-0.25, -0.2) is 9.97 Å². The average Bonchev–Trinajstić information content (AvgIpc) is 2.79. The van der Waals surface area contributed by atoms with E-state index in [1.807, 2.05) is 59.5 Å². The predicted octanol–water partition coefficient (Wildman–Crippen LogP) is 3.78. The summed E-state index contributed by atoms with van der Waals surface area (Å²) in [5.41, 5.74) is 1.74. The van der Waals surface area contributed by atoms with E-state index < -0.39 is 0 Å². The smallest absolute Gasteiger partial charge is 0.254 e. The van der Waals surface area contributed by atoms with Crippen LogP contribution < -0.4 is 9.64 Å². The number of anilines is 1. The van der Waals surface area contributed by atoms with Crippen LogP contribution in [0.2, 0.25) is 0 Å². The van der Waals surface area contributed by atoms with Crippen LogP contribution in [0.3, 0.4) is 0 Å². The molecule has 0 unspecified atom stereocenters. The van der Waals surface area contributed by atoms with Crippen molar-refractivity contribution in [1.82, 2.24) is 14.9 Å². The molecule has 6 nitrogen and oxygen atoms in total. The zero-order valence-electron chi connectivity index (χ0n) is 15.9. The number of hydrogen-bond acceptors (Lipinski definition) is 5. The fraction of sp³-hybridized carbons (Fsp3) is 0.227. The molecule has 0 N–H and O–H groups in total. The molecule has 4 rings (SSSR count). The van der Waals surface area contributed by atoms with Crippen molar-refractivity contribution in [1.29, 1.82) is 0 Å². The summed E-state index contributed by atoms with van der Waals surface area (Å²) >= 11 is 3.35. The highest BCUT2D eigenvalue weighted by atomic mass is 79.9. The fourth-order valence-corrected chi connectivity index (χ4v) is 3.43. The Morgan fingerprint density at radius 1 is 0.966 bits per heavy atom. The Morgan fingerprint density at radius 2 is 1.69 bits per heavy atom. The van der Waals surface area contributed by atoms with Crippen molar-refractivity contribution in [3.8, 4) is 5.75 Å². The molecule has 0 radical (unpaired) electrons. The third-order valence-corrected chi connectivity index (χ3v) is 5.20. The summed E-state index contributed by atoms with van der Waals surface area (Å²) in [5.74, 6) is 1.41. The van der Waals surface area contributed by atoms with Gasteiger partial charge in [0.05, 0.1) is 4.47 Å². The number of nitrogens with zero attached hydrogens (tertiary/aromatic N) is 4. The normalized spacial score (nSPS) is 14.0. The molecule has 2 heterocycles. The van der Waals surface area contributed by atoms with Crippen LogP contribution in [0.4, 0.5) is 5.95 Å². The maximum Gasteiger partial charge on any atom is 0.254 e. The first kappa shape index (κ1) is 19.4. The summed E-state index contributed by atoms with van der Waals surface area (Å²) in [5, 5.41) is 0. The number of carbonyl (C=O) groups excluding carboxylic acids is 1. The quantitative estimate of drug-likeness (QED) is 0.589. The molecular formula is C22H21BrN4O2. The zero-order chi connectivity index (χ0) is 20.1. The van der Waals surface area contributed by atoms with E-state index in [0.717, 1.165) is 10.0 Å². The second-order valence-corrected chi connectivity index (χ2v) is 7.70. The van der Waals surface area contributed by atoms with Crippen LogP contribution in [0.25, 0.3) is 0 Å². The minimum Gasteiger partial charge on any atom is -0.489 e.